The van der Waals surface area contributed by atoms with E-state index in [4.69, 9.17) is 16.3 Å². The van der Waals surface area contributed by atoms with Crippen LogP contribution in [-0.2, 0) is 9.53 Å². The van der Waals surface area contributed by atoms with Crippen molar-refractivity contribution in [2.75, 3.05) is 19.0 Å². The topological polar surface area (TPSA) is 29.5 Å². The van der Waals surface area contributed by atoms with E-state index in [0.29, 0.717) is 19.0 Å². The van der Waals surface area contributed by atoms with Gasteiger partial charge < -0.3 is 9.64 Å². The number of rotatable bonds is 1. The molecule has 1 atom stereocenters. The second-order valence-electron chi connectivity index (χ2n) is 4.05. The van der Waals surface area contributed by atoms with Gasteiger partial charge in [0.15, 0.2) is 0 Å². The molecule has 0 aromatic heterocycles. The molecule has 13 heavy (non-hydrogen) atoms. The number of nitrogens with zero attached hydrogens (tertiary/aromatic N) is 1. The third-order valence-electron chi connectivity index (χ3n) is 2.10. The molecule has 1 fully saturated rings. The van der Waals surface area contributed by atoms with Crippen molar-refractivity contribution in [3.05, 3.63) is 0 Å². The predicted octanol–water partition coefficient (Wildman–Crippen LogP) is 1.25. The monoisotopic (exact) mass is 205 g/mol. The predicted molar refractivity (Wildman–Crippen MR) is 51.9 cm³/mol. The number of ether oxygens (including phenoxy) is 1. The number of amides is 1. The maximum Gasteiger partial charge on any atom is 0.219 e. The van der Waals surface area contributed by atoms with E-state index in [1.807, 2.05) is 13.8 Å². The van der Waals surface area contributed by atoms with Gasteiger partial charge in [0.1, 0.15) is 0 Å². The van der Waals surface area contributed by atoms with E-state index in [0.717, 1.165) is 0 Å². The van der Waals surface area contributed by atoms with Crippen LogP contribution in [0, 0.1) is 0 Å². The Hall–Kier alpha value is -0.280. The molecular weight excluding hydrogens is 190 g/mol. The number of halogens is 1. The first-order valence-electron chi connectivity index (χ1n) is 4.44. The highest BCUT2D eigenvalue weighted by Gasteiger charge is 2.33. The van der Waals surface area contributed by atoms with E-state index in [-0.39, 0.29) is 17.6 Å². The van der Waals surface area contributed by atoms with Gasteiger partial charge in [0.05, 0.1) is 17.6 Å². The molecule has 1 rings (SSSR count). The van der Waals surface area contributed by atoms with Crippen LogP contribution in [0.1, 0.15) is 20.8 Å². The standard InChI is InChI=1S/C9H16ClNO2/c1-7(12)11-5-8(4-10)13-9(2,3)6-11/h8H,4-6H2,1-3H3. The zero-order valence-corrected chi connectivity index (χ0v) is 9.10. The van der Waals surface area contributed by atoms with Crippen molar-refractivity contribution in [3.8, 4) is 0 Å². The van der Waals surface area contributed by atoms with Crippen molar-refractivity contribution >= 4 is 17.5 Å². The highest BCUT2D eigenvalue weighted by Crippen LogP contribution is 2.21. The third kappa shape index (κ3) is 2.85. The number of alkyl halides is 1. The molecule has 1 aliphatic heterocycles. The molecule has 1 aliphatic rings. The lowest BCUT2D eigenvalue weighted by molar-refractivity contribution is -0.155. The third-order valence-corrected chi connectivity index (χ3v) is 2.44. The minimum atomic E-state index is -0.274. The van der Waals surface area contributed by atoms with Gasteiger partial charge in [-0.25, -0.2) is 0 Å². The normalized spacial score (nSPS) is 27.4. The van der Waals surface area contributed by atoms with Gasteiger partial charge in [0.25, 0.3) is 0 Å². The van der Waals surface area contributed by atoms with Crippen molar-refractivity contribution in [1.29, 1.82) is 0 Å². The average Bonchev–Trinajstić information content (AvgIpc) is 2.01. The summed E-state index contributed by atoms with van der Waals surface area (Å²) in [7, 11) is 0. The average molecular weight is 206 g/mol. The fourth-order valence-corrected chi connectivity index (χ4v) is 1.78. The molecule has 0 radical (unpaired) electrons. The summed E-state index contributed by atoms with van der Waals surface area (Å²) in [6.07, 6.45) is -0.0330. The second kappa shape index (κ2) is 3.84. The first kappa shape index (κ1) is 10.8. The molecule has 1 unspecified atom stereocenters. The lowest BCUT2D eigenvalue weighted by atomic mass is 10.1. The summed E-state index contributed by atoms with van der Waals surface area (Å²) >= 11 is 5.71. The van der Waals surface area contributed by atoms with Gasteiger partial charge in [-0.3, -0.25) is 4.79 Å². The Bertz CT molecular complexity index is 206. The van der Waals surface area contributed by atoms with Crippen molar-refractivity contribution in [1.82, 2.24) is 4.90 Å². The number of hydrogen-bond acceptors (Lipinski definition) is 2. The van der Waals surface area contributed by atoms with E-state index in [2.05, 4.69) is 0 Å². The lowest BCUT2D eigenvalue weighted by Gasteiger charge is -2.41. The van der Waals surface area contributed by atoms with Gasteiger partial charge in [-0.15, -0.1) is 11.6 Å². The van der Waals surface area contributed by atoms with Crippen LogP contribution in [0.15, 0.2) is 0 Å². The van der Waals surface area contributed by atoms with Gasteiger partial charge in [0, 0.05) is 20.0 Å². The maximum absolute atomic E-state index is 11.2. The maximum atomic E-state index is 11.2. The Balaban J connectivity index is 2.65. The van der Waals surface area contributed by atoms with E-state index < -0.39 is 0 Å². The number of carbonyl (C=O) groups is 1. The van der Waals surface area contributed by atoms with Crippen molar-refractivity contribution in [2.24, 2.45) is 0 Å². The molecule has 1 heterocycles. The number of carbonyl (C=O) groups excluding carboxylic acids is 1. The highest BCUT2D eigenvalue weighted by molar-refractivity contribution is 6.18. The Morgan fingerprint density at radius 3 is 2.77 bits per heavy atom. The minimum absolute atomic E-state index is 0.0330. The van der Waals surface area contributed by atoms with Gasteiger partial charge >= 0.3 is 0 Å². The molecule has 1 amide bonds. The molecule has 0 N–H and O–H groups in total. The largest absolute Gasteiger partial charge is 0.367 e. The minimum Gasteiger partial charge on any atom is -0.367 e. The summed E-state index contributed by atoms with van der Waals surface area (Å²) in [4.78, 5) is 13.0. The van der Waals surface area contributed by atoms with Crippen LogP contribution < -0.4 is 0 Å². The van der Waals surface area contributed by atoms with Gasteiger partial charge in [-0.2, -0.15) is 0 Å². The molecule has 4 heteroatoms. The molecule has 3 nitrogen and oxygen atoms in total. The van der Waals surface area contributed by atoms with E-state index in [9.17, 15) is 4.79 Å². The van der Waals surface area contributed by atoms with Gasteiger partial charge in [-0.1, -0.05) is 0 Å². The van der Waals surface area contributed by atoms with E-state index in [1.54, 1.807) is 11.8 Å². The van der Waals surface area contributed by atoms with Crippen LogP contribution in [-0.4, -0.2) is 41.5 Å². The van der Waals surface area contributed by atoms with Gasteiger partial charge in [0.2, 0.25) is 5.91 Å². The molecule has 0 aromatic carbocycles. The summed E-state index contributed by atoms with van der Waals surface area (Å²) < 4.78 is 5.68. The second-order valence-corrected chi connectivity index (χ2v) is 4.36. The summed E-state index contributed by atoms with van der Waals surface area (Å²) in [5, 5.41) is 0. The number of morpholine rings is 1. The Morgan fingerprint density at radius 1 is 1.69 bits per heavy atom. The summed E-state index contributed by atoms with van der Waals surface area (Å²) in [6.45, 7) is 6.79. The smallest absolute Gasteiger partial charge is 0.219 e. The Morgan fingerprint density at radius 2 is 2.31 bits per heavy atom. The van der Waals surface area contributed by atoms with Gasteiger partial charge in [-0.05, 0) is 13.8 Å². The molecular formula is C9H16ClNO2. The molecule has 0 bridgehead atoms. The molecule has 0 aromatic rings. The quantitative estimate of drug-likeness (QED) is 0.603. The van der Waals surface area contributed by atoms with Crippen LogP contribution in [0.5, 0.6) is 0 Å². The fourth-order valence-electron chi connectivity index (χ4n) is 1.62. The zero-order chi connectivity index (χ0) is 10.1. The lowest BCUT2D eigenvalue weighted by Crippen LogP contribution is -2.54. The van der Waals surface area contributed by atoms with E-state index >= 15 is 0 Å². The number of hydrogen-bond donors (Lipinski definition) is 0. The van der Waals surface area contributed by atoms with Crippen LogP contribution in [0.3, 0.4) is 0 Å². The van der Waals surface area contributed by atoms with Crippen LogP contribution in [0.2, 0.25) is 0 Å². The fraction of sp³-hybridized carbons (Fsp3) is 0.889. The summed E-state index contributed by atoms with van der Waals surface area (Å²) in [5.41, 5.74) is -0.274. The first-order chi connectivity index (χ1) is 5.94. The Labute approximate surface area is 84.0 Å². The Kier molecular flexibility index (Phi) is 3.19. The molecule has 1 saturated heterocycles. The van der Waals surface area contributed by atoms with Crippen LogP contribution >= 0.6 is 11.6 Å². The molecule has 0 saturated carbocycles. The van der Waals surface area contributed by atoms with Crippen molar-refractivity contribution in [2.45, 2.75) is 32.5 Å². The molecule has 0 aliphatic carbocycles. The highest BCUT2D eigenvalue weighted by atomic mass is 35.5. The summed E-state index contributed by atoms with van der Waals surface area (Å²) in [5.74, 6) is 0.527. The first-order valence-corrected chi connectivity index (χ1v) is 4.97. The zero-order valence-electron chi connectivity index (χ0n) is 8.34. The van der Waals surface area contributed by atoms with Crippen LogP contribution in [0.25, 0.3) is 0 Å². The molecule has 0 spiro atoms. The summed E-state index contributed by atoms with van der Waals surface area (Å²) in [6, 6.07) is 0. The SMILES string of the molecule is CC(=O)N1CC(CCl)OC(C)(C)C1. The van der Waals surface area contributed by atoms with Crippen molar-refractivity contribution in [3.63, 3.8) is 0 Å². The van der Waals surface area contributed by atoms with Crippen LogP contribution in [0.4, 0.5) is 0 Å². The molecule has 76 valence electrons. The van der Waals surface area contributed by atoms with Crippen molar-refractivity contribution < 1.29 is 9.53 Å². The van der Waals surface area contributed by atoms with E-state index in [1.165, 1.54) is 0 Å².